The SMILES string of the molecule is CCC(C)N(CC(C)C(=O)O)C(=O)C(C)(C)C. The van der Waals surface area contributed by atoms with E-state index in [4.69, 9.17) is 5.11 Å². The van der Waals surface area contributed by atoms with Crippen LogP contribution in [0, 0.1) is 11.3 Å². The van der Waals surface area contributed by atoms with Gasteiger partial charge in [-0.15, -0.1) is 0 Å². The monoisotopic (exact) mass is 243 g/mol. The van der Waals surface area contributed by atoms with Crippen molar-refractivity contribution < 1.29 is 14.7 Å². The third kappa shape index (κ3) is 4.75. The number of amides is 1. The van der Waals surface area contributed by atoms with Crippen LogP contribution in [-0.2, 0) is 9.59 Å². The first-order chi connectivity index (χ1) is 7.61. The smallest absolute Gasteiger partial charge is 0.308 e. The largest absolute Gasteiger partial charge is 0.481 e. The number of hydrogen-bond acceptors (Lipinski definition) is 2. The quantitative estimate of drug-likeness (QED) is 0.806. The van der Waals surface area contributed by atoms with Gasteiger partial charge in [0, 0.05) is 18.0 Å². The summed E-state index contributed by atoms with van der Waals surface area (Å²) in [5, 5.41) is 8.93. The summed E-state index contributed by atoms with van der Waals surface area (Å²) in [5.74, 6) is -1.38. The molecule has 0 bridgehead atoms. The molecule has 0 radical (unpaired) electrons. The van der Waals surface area contributed by atoms with E-state index in [0.29, 0.717) is 0 Å². The fourth-order valence-electron chi connectivity index (χ4n) is 1.49. The van der Waals surface area contributed by atoms with Gasteiger partial charge in [-0.05, 0) is 13.3 Å². The van der Waals surface area contributed by atoms with Crippen LogP contribution in [0.3, 0.4) is 0 Å². The van der Waals surface area contributed by atoms with Crippen LogP contribution in [-0.4, -0.2) is 34.5 Å². The van der Waals surface area contributed by atoms with Crippen molar-refractivity contribution in [3.05, 3.63) is 0 Å². The second-order valence-corrected chi connectivity index (χ2v) is 5.70. The number of carboxylic acids is 1. The first kappa shape index (κ1) is 15.9. The van der Waals surface area contributed by atoms with Gasteiger partial charge in [-0.2, -0.15) is 0 Å². The average molecular weight is 243 g/mol. The molecule has 2 atom stereocenters. The fraction of sp³-hybridized carbons (Fsp3) is 0.846. The maximum absolute atomic E-state index is 12.3. The zero-order valence-electron chi connectivity index (χ0n) is 11.8. The molecule has 0 heterocycles. The molecule has 0 fully saturated rings. The molecule has 0 saturated carbocycles. The molecular weight excluding hydrogens is 218 g/mol. The maximum Gasteiger partial charge on any atom is 0.308 e. The minimum atomic E-state index is -0.861. The van der Waals surface area contributed by atoms with E-state index in [1.165, 1.54) is 0 Å². The van der Waals surface area contributed by atoms with Crippen LogP contribution >= 0.6 is 0 Å². The van der Waals surface area contributed by atoms with Crippen molar-refractivity contribution in [3.63, 3.8) is 0 Å². The first-order valence-corrected chi connectivity index (χ1v) is 6.15. The second-order valence-electron chi connectivity index (χ2n) is 5.70. The molecule has 0 saturated heterocycles. The Balaban J connectivity index is 4.90. The third-order valence-corrected chi connectivity index (χ3v) is 2.92. The normalized spacial score (nSPS) is 15.2. The van der Waals surface area contributed by atoms with E-state index in [1.807, 2.05) is 34.6 Å². The molecule has 1 amide bonds. The van der Waals surface area contributed by atoms with E-state index in [2.05, 4.69) is 0 Å². The molecule has 0 aliphatic heterocycles. The lowest BCUT2D eigenvalue weighted by molar-refractivity contribution is -0.147. The van der Waals surface area contributed by atoms with Gasteiger partial charge in [0.25, 0.3) is 0 Å². The van der Waals surface area contributed by atoms with Crippen molar-refractivity contribution in [2.45, 2.75) is 54.0 Å². The third-order valence-electron chi connectivity index (χ3n) is 2.92. The van der Waals surface area contributed by atoms with Crippen LogP contribution in [0.1, 0.15) is 48.0 Å². The van der Waals surface area contributed by atoms with Gasteiger partial charge in [0.2, 0.25) is 5.91 Å². The van der Waals surface area contributed by atoms with Gasteiger partial charge in [-0.3, -0.25) is 9.59 Å². The number of nitrogens with zero attached hydrogens (tertiary/aromatic N) is 1. The minimum Gasteiger partial charge on any atom is -0.481 e. The Morgan fingerprint density at radius 2 is 1.71 bits per heavy atom. The number of carbonyl (C=O) groups excluding carboxylic acids is 1. The summed E-state index contributed by atoms with van der Waals surface area (Å²) in [7, 11) is 0. The van der Waals surface area contributed by atoms with Crippen molar-refractivity contribution in [2.75, 3.05) is 6.54 Å². The molecule has 17 heavy (non-hydrogen) atoms. The first-order valence-electron chi connectivity index (χ1n) is 6.15. The molecule has 0 aliphatic rings. The van der Waals surface area contributed by atoms with E-state index in [9.17, 15) is 9.59 Å². The minimum absolute atomic E-state index is 0.0138. The zero-order valence-corrected chi connectivity index (χ0v) is 11.8. The standard InChI is InChI=1S/C13H25NO3/c1-7-10(3)14(8-9(2)11(15)16)12(17)13(4,5)6/h9-10H,7-8H2,1-6H3,(H,15,16). The lowest BCUT2D eigenvalue weighted by atomic mass is 9.93. The fourth-order valence-corrected chi connectivity index (χ4v) is 1.49. The van der Waals surface area contributed by atoms with Gasteiger partial charge in [0.1, 0.15) is 0 Å². The summed E-state index contributed by atoms with van der Waals surface area (Å²) in [6, 6.07) is 0.0727. The molecule has 0 aromatic heterocycles. The molecule has 4 nitrogen and oxygen atoms in total. The highest BCUT2D eigenvalue weighted by Gasteiger charge is 2.31. The van der Waals surface area contributed by atoms with Gasteiger partial charge in [0.05, 0.1) is 5.92 Å². The molecule has 4 heteroatoms. The predicted octanol–water partition coefficient (Wildman–Crippen LogP) is 2.38. The van der Waals surface area contributed by atoms with Gasteiger partial charge in [-0.1, -0.05) is 34.6 Å². The van der Waals surface area contributed by atoms with Gasteiger partial charge in [0.15, 0.2) is 0 Å². The van der Waals surface area contributed by atoms with E-state index in [1.54, 1.807) is 11.8 Å². The lowest BCUT2D eigenvalue weighted by Gasteiger charge is -2.35. The number of aliphatic carboxylic acids is 1. The Morgan fingerprint density at radius 3 is 2.00 bits per heavy atom. The van der Waals surface area contributed by atoms with E-state index >= 15 is 0 Å². The predicted molar refractivity (Wildman–Crippen MR) is 67.7 cm³/mol. The topological polar surface area (TPSA) is 57.6 Å². The number of carboxylic acid groups (broad SMARTS) is 1. The van der Waals surface area contributed by atoms with Crippen LogP contribution in [0.25, 0.3) is 0 Å². The molecule has 0 spiro atoms. The van der Waals surface area contributed by atoms with Crippen molar-refractivity contribution in [1.82, 2.24) is 4.90 Å². The van der Waals surface area contributed by atoms with Crippen LogP contribution in [0.5, 0.6) is 0 Å². The van der Waals surface area contributed by atoms with Gasteiger partial charge < -0.3 is 10.0 Å². The maximum atomic E-state index is 12.3. The molecule has 0 rings (SSSR count). The summed E-state index contributed by atoms with van der Waals surface area (Å²) >= 11 is 0. The van der Waals surface area contributed by atoms with Crippen molar-refractivity contribution >= 4 is 11.9 Å². The van der Waals surface area contributed by atoms with E-state index < -0.39 is 17.3 Å². The van der Waals surface area contributed by atoms with Gasteiger partial charge >= 0.3 is 5.97 Å². The Labute approximate surface area is 104 Å². The highest BCUT2D eigenvalue weighted by Crippen LogP contribution is 2.21. The second kappa shape index (κ2) is 6.03. The van der Waals surface area contributed by atoms with Crippen LogP contribution in [0.2, 0.25) is 0 Å². The summed E-state index contributed by atoms with van der Waals surface area (Å²) < 4.78 is 0. The molecular formula is C13H25NO3. The summed E-state index contributed by atoms with van der Waals surface area (Å²) in [5.41, 5.74) is -0.471. The van der Waals surface area contributed by atoms with E-state index in [0.717, 1.165) is 6.42 Å². The highest BCUT2D eigenvalue weighted by atomic mass is 16.4. The molecule has 0 aromatic rings. The summed E-state index contributed by atoms with van der Waals surface area (Å²) in [4.78, 5) is 24.8. The van der Waals surface area contributed by atoms with Crippen LogP contribution in [0.4, 0.5) is 0 Å². The highest BCUT2D eigenvalue weighted by molar-refractivity contribution is 5.82. The number of rotatable bonds is 5. The van der Waals surface area contributed by atoms with E-state index in [-0.39, 0.29) is 18.5 Å². The zero-order chi connectivity index (χ0) is 13.8. The molecule has 2 unspecified atom stereocenters. The lowest BCUT2D eigenvalue weighted by Crippen LogP contribution is -2.47. The van der Waals surface area contributed by atoms with Crippen molar-refractivity contribution in [1.29, 1.82) is 0 Å². The Morgan fingerprint density at radius 1 is 1.24 bits per heavy atom. The average Bonchev–Trinajstić information content (AvgIpc) is 2.21. The summed E-state index contributed by atoms with van der Waals surface area (Å²) in [6.45, 7) is 11.4. The van der Waals surface area contributed by atoms with Gasteiger partial charge in [-0.25, -0.2) is 0 Å². The van der Waals surface area contributed by atoms with Crippen molar-refractivity contribution in [2.24, 2.45) is 11.3 Å². The molecule has 100 valence electrons. The van der Waals surface area contributed by atoms with Crippen molar-refractivity contribution in [3.8, 4) is 0 Å². The number of hydrogen-bond donors (Lipinski definition) is 1. The molecule has 1 N–H and O–H groups in total. The Kier molecular flexibility index (Phi) is 5.66. The van der Waals surface area contributed by atoms with Crippen LogP contribution in [0.15, 0.2) is 0 Å². The Hall–Kier alpha value is -1.06. The molecule has 0 aliphatic carbocycles. The van der Waals surface area contributed by atoms with Crippen LogP contribution < -0.4 is 0 Å². The Bertz CT molecular complexity index is 281. The number of carbonyl (C=O) groups is 2. The summed E-state index contributed by atoms with van der Waals surface area (Å²) in [6.07, 6.45) is 0.828. The molecule has 0 aromatic carbocycles.